The Morgan fingerprint density at radius 1 is 1.20 bits per heavy atom. The first kappa shape index (κ1) is 21.9. The van der Waals surface area contributed by atoms with E-state index in [1.807, 2.05) is 0 Å². The lowest BCUT2D eigenvalue weighted by atomic mass is 9.92. The van der Waals surface area contributed by atoms with Crippen molar-refractivity contribution >= 4 is 22.5 Å². The standard InChI is InChI=1S/C14H26N2O4S.C2H4O2/c1-13(2,3)15-8-9-16(21(5,18)19)11(10-15)14(6-7-14)12(17)20-4;1-4-2-3/h11H,6-10H2,1-5H3;2H,1H3. The van der Waals surface area contributed by atoms with Crippen LogP contribution in [0.5, 0.6) is 0 Å². The molecular weight excluding hydrogens is 348 g/mol. The van der Waals surface area contributed by atoms with Gasteiger partial charge in [-0.3, -0.25) is 14.5 Å². The van der Waals surface area contributed by atoms with E-state index in [1.54, 1.807) is 0 Å². The molecule has 0 aromatic rings. The summed E-state index contributed by atoms with van der Waals surface area (Å²) in [6.45, 7) is 8.39. The van der Waals surface area contributed by atoms with Gasteiger partial charge in [0.15, 0.2) is 0 Å². The molecule has 1 aliphatic carbocycles. The van der Waals surface area contributed by atoms with Gasteiger partial charge in [-0.25, -0.2) is 8.42 Å². The first-order valence-corrected chi connectivity index (χ1v) is 10.1. The molecule has 0 bridgehead atoms. The lowest BCUT2D eigenvalue weighted by molar-refractivity contribution is -0.150. The van der Waals surface area contributed by atoms with Crippen molar-refractivity contribution in [2.45, 2.75) is 45.2 Å². The number of methoxy groups -OCH3 is 2. The molecule has 1 atom stereocenters. The predicted molar refractivity (Wildman–Crippen MR) is 93.4 cm³/mol. The number of hydrogen-bond donors (Lipinski definition) is 0. The van der Waals surface area contributed by atoms with E-state index in [0.717, 1.165) is 0 Å². The highest BCUT2D eigenvalue weighted by Gasteiger charge is 2.61. The third-order valence-electron chi connectivity index (χ3n) is 4.82. The third-order valence-corrected chi connectivity index (χ3v) is 6.11. The van der Waals surface area contributed by atoms with Crippen LogP contribution >= 0.6 is 0 Å². The molecule has 146 valence electrons. The van der Waals surface area contributed by atoms with Gasteiger partial charge in [0.25, 0.3) is 6.47 Å². The van der Waals surface area contributed by atoms with Crippen LogP contribution in [0, 0.1) is 5.41 Å². The Kier molecular flexibility index (Phi) is 7.00. The number of nitrogens with zero attached hydrogens (tertiary/aromatic N) is 2. The molecule has 0 amide bonds. The Hall–Kier alpha value is -1.19. The zero-order valence-corrected chi connectivity index (χ0v) is 16.8. The molecule has 1 aliphatic heterocycles. The van der Waals surface area contributed by atoms with Crippen molar-refractivity contribution in [3.8, 4) is 0 Å². The molecule has 0 aromatic heterocycles. The summed E-state index contributed by atoms with van der Waals surface area (Å²) in [5, 5.41) is 0. The molecule has 1 saturated heterocycles. The quantitative estimate of drug-likeness (QED) is 0.519. The molecule has 9 heteroatoms. The van der Waals surface area contributed by atoms with Crippen molar-refractivity contribution in [1.29, 1.82) is 0 Å². The van der Waals surface area contributed by atoms with Crippen molar-refractivity contribution < 1.29 is 27.5 Å². The molecule has 1 heterocycles. The minimum absolute atomic E-state index is 0.0476. The van der Waals surface area contributed by atoms with Crippen LogP contribution in [0.15, 0.2) is 0 Å². The Balaban J connectivity index is 0.000000705. The average molecular weight is 378 g/mol. The van der Waals surface area contributed by atoms with Crippen molar-refractivity contribution in [3.05, 3.63) is 0 Å². The predicted octanol–water partition coefficient (Wildman–Crippen LogP) is 0.473. The molecule has 0 spiro atoms. The summed E-state index contributed by atoms with van der Waals surface area (Å²) in [5.41, 5.74) is -0.699. The molecule has 2 fully saturated rings. The second kappa shape index (κ2) is 8.01. The van der Waals surface area contributed by atoms with E-state index in [4.69, 9.17) is 9.53 Å². The van der Waals surface area contributed by atoms with Gasteiger partial charge in [-0.05, 0) is 33.6 Å². The van der Waals surface area contributed by atoms with Gasteiger partial charge in [0.05, 0.1) is 31.9 Å². The minimum atomic E-state index is -3.33. The maximum Gasteiger partial charge on any atom is 0.313 e. The van der Waals surface area contributed by atoms with E-state index in [2.05, 4.69) is 30.4 Å². The highest BCUT2D eigenvalue weighted by atomic mass is 32.2. The van der Waals surface area contributed by atoms with Crippen LogP contribution in [0.3, 0.4) is 0 Å². The highest BCUT2D eigenvalue weighted by molar-refractivity contribution is 7.88. The van der Waals surface area contributed by atoms with E-state index in [1.165, 1.54) is 24.8 Å². The highest BCUT2D eigenvalue weighted by Crippen LogP contribution is 2.53. The van der Waals surface area contributed by atoms with Gasteiger partial charge in [0, 0.05) is 25.2 Å². The smallest absolute Gasteiger partial charge is 0.313 e. The Bertz CT molecular complexity index is 580. The number of esters is 1. The van der Waals surface area contributed by atoms with Gasteiger partial charge >= 0.3 is 5.97 Å². The normalized spacial score (nSPS) is 23.8. The van der Waals surface area contributed by atoms with E-state index < -0.39 is 15.4 Å². The molecule has 0 N–H and O–H groups in total. The second-order valence-corrected chi connectivity index (χ2v) is 9.42. The van der Waals surface area contributed by atoms with Crippen LogP contribution in [0.1, 0.15) is 33.6 Å². The van der Waals surface area contributed by atoms with Gasteiger partial charge < -0.3 is 9.47 Å². The summed E-state index contributed by atoms with van der Waals surface area (Å²) in [6.07, 6.45) is 2.63. The fourth-order valence-electron chi connectivity index (χ4n) is 3.23. The summed E-state index contributed by atoms with van der Waals surface area (Å²) >= 11 is 0. The van der Waals surface area contributed by atoms with Gasteiger partial charge in [-0.1, -0.05) is 0 Å². The SMILES string of the molecule is COC(=O)C1(C2CN(C(C)(C)C)CCN2S(C)(=O)=O)CC1.COC=O. The molecule has 1 unspecified atom stereocenters. The van der Waals surface area contributed by atoms with Crippen LogP contribution in [-0.4, -0.2) is 81.8 Å². The van der Waals surface area contributed by atoms with Crippen molar-refractivity contribution in [2.24, 2.45) is 5.41 Å². The van der Waals surface area contributed by atoms with E-state index in [9.17, 15) is 13.2 Å². The van der Waals surface area contributed by atoms with Gasteiger partial charge in [0.1, 0.15) is 0 Å². The van der Waals surface area contributed by atoms with Crippen LogP contribution in [0.25, 0.3) is 0 Å². The maximum atomic E-state index is 12.2. The van der Waals surface area contributed by atoms with Crippen molar-refractivity contribution in [3.63, 3.8) is 0 Å². The second-order valence-electron chi connectivity index (χ2n) is 7.49. The average Bonchev–Trinajstić information content (AvgIpc) is 3.34. The molecule has 1 saturated carbocycles. The first-order valence-electron chi connectivity index (χ1n) is 8.20. The van der Waals surface area contributed by atoms with Crippen LogP contribution in [-0.2, 0) is 29.1 Å². The van der Waals surface area contributed by atoms with Crippen LogP contribution < -0.4 is 0 Å². The zero-order chi connectivity index (χ0) is 19.5. The summed E-state index contributed by atoms with van der Waals surface area (Å²) < 4.78 is 34.5. The number of ether oxygens (including phenoxy) is 2. The number of carbonyl (C=O) groups is 2. The van der Waals surface area contributed by atoms with E-state index in [-0.39, 0.29) is 17.6 Å². The van der Waals surface area contributed by atoms with E-state index >= 15 is 0 Å². The molecule has 2 aliphatic rings. The molecule has 2 rings (SSSR count). The number of rotatable bonds is 4. The van der Waals surface area contributed by atoms with Gasteiger partial charge in [0.2, 0.25) is 10.0 Å². The summed E-state index contributed by atoms with van der Waals surface area (Å²) in [4.78, 5) is 23.4. The molecule has 0 radical (unpaired) electrons. The number of sulfonamides is 1. The van der Waals surface area contributed by atoms with Gasteiger partial charge in [-0.2, -0.15) is 4.31 Å². The Morgan fingerprint density at radius 3 is 2.04 bits per heavy atom. The van der Waals surface area contributed by atoms with E-state index in [0.29, 0.717) is 38.9 Å². The van der Waals surface area contributed by atoms with Crippen molar-refractivity contribution in [1.82, 2.24) is 9.21 Å². The molecule has 25 heavy (non-hydrogen) atoms. The lowest BCUT2D eigenvalue weighted by Crippen LogP contribution is -2.63. The maximum absolute atomic E-state index is 12.2. The minimum Gasteiger partial charge on any atom is -0.471 e. The van der Waals surface area contributed by atoms with Crippen LogP contribution in [0.2, 0.25) is 0 Å². The van der Waals surface area contributed by atoms with Gasteiger partial charge in [-0.15, -0.1) is 0 Å². The first-order chi connectivity index (χ1) is 11.4. The molecular formula is C16H30N2O6S. The fourth-order valence-corrected chi connectivity index (χ4v) is 4.38. The summed E-state index contributed by atoms with van der Waals surface area (Å²) in [6, 6.07) is -0.326. The monoisotopic (exact) mass is 378 g/mol. The number of hydrogen-bond acceptors (Lipinski definition) is 7. The lowest BCUT2D eigenvalue weighted by Gasteiger charge is -2.47. The number of piperazine rings is 1. The Labute approximate surface area is 150 Å². The fraction of sp³-hybridized carbons (Fsp3) is 0.875. The van der Waals surface area contributed by atoms with Crippen LogP contribution in [0.4, 0.5) is 0 Å². The summed E-state index contributed by atoms with van der Waals surface area (Å²) in [7, 11) is -0.645. The topological polar surface area (TPSA) is 93.2 Å². The number of carbonyl (C=O) groups excluding carboxylic acids is 2. The third kappa shape index (κ3) is 5.15. The molecule has 0 aromatic carbocycles. The Morgan fingerprint density at radius 2 is 1.72 bits per heavy atom. The largest absolute Gasteiger partial charge is 0.471 e. The van der Waals surface area contributed by atoms with Crippen molar-refractivity contribution in [2.75, 3.05) is 40.1 Å². The molecule has 8 nitrogen and oxygen atoms in total. The summed E-state index contributed by atoms with van der Waals surface area (Å²) in [5.74, 6) is -0.281. The zero-order valence-electron chi connectivity index (χ0n) is 15.9.